The van der Waals surface area contributed by atoms with Crippen LogP contribution in [0.2, 0.25) is 0 Å². The highest BCUT2D eigenvalue weighted by molar-refractivity contribution is 6.06. The molecule has 6 bridgehead atoms. The van der Waals surface area contributed by atoms with E-state index >= 15 is 0 Å². The van der Waals surface area contributed by atoms with E-state index in [0.29, 0.717) is 42.3 Å². The lowest BCUT2D eigenvalue weighted by Crippen LogP contribution is -2.31. The second-order valence-corrected chi connectivity index (χ2v) is 9.81. The standard InChI is InChI=1S/C31H23N3O4/c1-18-33-27-29(37-18)31(19-8-4-3-5-9-19)16-36-28-21(11-6-12-23(28)31)20-10-7-13-24-26(20)22(15-34(24)17-35-2)25-14-32-30(27)38-25/h3-15H,16-17H2,1-2H3/t31-/m0/s1. The molecule has 0 radical (unpaired) electrons. The zero-order chi connectivity index (χ0) is 25.4. The van der Waals surface area contributed by atoms with Crippen molar-refractivity contribution in [3.63, 3.8) is 0 Å². The largest absolute Gasteiger partial charge is 0.491 e. The lowest BCUT2D eigenvalue weighted by molar-refractivity contribution is 0.135. The molecule has 0 saturated carbocycles. The van der Waals surface area contributed by atoms with Crippen LogP contribution in [0.1, 0.15) is 22.8 Å². The summed E-state index contributed by atoms with van der Waals surface area (Å²) < 4.78 is 27.1. The number of oxazole rings is 2. The fourth-order valence-corrected chi connectivity index (χ4v) is 6.16. The molecule has 5 heterocycles. The lowest BCUT2D eigenvalue weighted by Gasteiger charge is -2.27. The summed E-state index contributed by atoms with van der Waals surface area (Å²) in [5, 5.41) is 1.05. The summed E-state index contributed by atoms with van der Waals surface area (Å²) in [6, 6.07) is 23.0. The van der Waals surface area contributed by atoms with Crippen molar-refractivity contribution in [3.05, 3.63) is 102 Å². The number of hydrogen-bond acceptors (Lipinski definition) is 6. The smallest absolute Gasteiger partial charge is 0.249 e. The molecule has 2 aliphatic rings. The number of para-hydroxylation sites is 1. The van der Waals surface area contributed by atoms with Crippen molar-refractivity contribution in [1.29, 1.82) is 0 Å². The first-order chi connectivity index (χ1) is 18.7. The summed E-state index contributed by atoms with van der Waals surface area (Å²) in [6.07, 6.45) is 3.83. The van der Waals surface area contributed by atoms with Gasteiger partial charge in [0, 0.05) is 42.3 Å². The zero-order valence-electron chi connectivity index (χ0n) is 20.9. The second kappa shape index (κ2) is 7.69. The Morgan fingerprint density at radius 1 is 0.947 bits per heavy atom. The van der Waals surface area contributed by atoms with Crippen LogP contribution in [-0.4, -0.2) is 28.3 Å². The molecule has 0 spiro atoms. The Morgan fingerprint density at radius 3 is 2.66 bits per heavy atom. The Kier molecular flexibility index (Phi) is 4.35. The predicted octanol–water partition coefficient (Wildman–Crippen LogP) is 6.57. The third-order valence-corrected chi connectivity index (χ3v) is 7.73. The van der Waals surface area contributed by atoms with Gasteiger partial charge in [0.2, 0.25) is 5.89 Å². The first kappa shape index (κ1) is 21.5. The van der Waals surface area contributed by atoms with E-state index in [-0.39, 0.29) is 0 Å². The van der Waals surface area contributed by atoms with Gasteiger partial charge in [0.1, 0.15) is 24.5 Å². The maximum atomic E-state index is 6.65. The van der Waals surface area contributed by atoms with Crippen LogP contribution >= 0.6 is 0 Å². The van der Waals surface area contributed by atoms with Gasteiger partial charge in [-0.05, 0) is 17.2 Å². The minimum absolute atomic E-state index is 0.367. The van der Waals surface area contributed by atoms with Crippen LogP contribution in [0.25, 0.3) is 44.9 Å². The van der Waals surface area contributed by atoms with Crippen molar-refractivity contribution < 1.29 is 18.3 Å². The molecule has 8 rings (SSSR count). The molecule has 0 saturated heterocycles. The van der Waals surface area contributed by atoms with Crippen molar-refractivity contribution in [1.82, 2.24) is 14.5 Å². The average molecular weight is 502 g/mol. The molecule has 0 amide bonds. The summed E-state index contributed by atoms with van der Waals surface area (Å²) in [5.74, 6) is 3.13. The van der Waals surface area contributed by atoms with Gasteiger partial charge in [-0.3, -0.25) is 0 Å². The van der Waals surface area contributed by atoms with Crippen LogP contribution in [0, 0.1) is 6.92 Å². The van der Waals surface area contributed by atoms with Crippen LogP contribution in [-0.2, 0) is 16.9 Å². The predicted molar refractivity (Wildman–Crippen MR) is 142 cm³/mol. The summed E-state index contributed by atoms with van der Waals surface area (Å²) in [6.45, 7) is 2.63. The molecule has 7 nitrogen and oxygen atoms in total. The molecule has 3 aromatic carbocycles. The molecule has 1 atom stereocenters. The van der Waals surface area contributed by atoms with Crippen molar-refractivity contribution in [3.8, 4) is 39.8 Å². The van der Waals surface area contributed by atoms with Gasteiger partial charge < -0.3 is 22.9 Å². The van der Waals surface area contributed by atoms with E-state index in [4.69, 9.17) is 28.3 Å². The zero-order valence-corrected chi connectivity index (χ0v) is 20.9. The fraction of sp³-hybridized carbons (Fsp3) is 0.161. The Morgan fingerprint density at radius 2 is 1.79 bits per heavy atom. The Bertz CT molecular complexity index is 1860. The van der Waals surface area contributed by atoms with Crippen LogP contribution in [0.5, 0.6) is 5.75 Å². The molecule has 7 heteroatoms. The minimum atomic E-state index is -0.726. The third-order valence-electron chi connectivity index (χ3n) is 7.73. The van der Waals surface area contributed by atoms with Gasteiger partial charge >= 0.3 is 0 Å². The number of hydrogen-bond donors (Lipinski definition) is 0. The molecule has 2 aliphatic heterocycles. The van der Waals surface area contributed by atoms with E-state index in [0.717, 1.165) is 44.5 Å². The number of ether oxygens (including phenoxy) is 2. The molecular formula is C31H23N3O4. The molecule has 0 unspecified atom stereocenters. The SMILES string of the molecule is COCn1cc2c3c(cccc31)-c1cccc3c1OC[C@@]3(c1ccccc1)c1oc(C)nc1-c1ncc-2o1. The molecule has 6 aromatic rings. The van der Waals surface area contributed by atoms with Crippen molar-refractivity contribution >= 4 is 10.9 Å². The summed E-state index contributed by atoms with van der Waals surface area (Å²) in [7, 11) is 1.69. The van der Waals surface area contributed by atoms with Gasteiger partial charge in [0.25, 0.3) is 0 Å². The first-order valence-electron chi connectivity index (χ1n) is 12.6. The van der Waals surface area contributed by atoms with E-state index in [2.05, 4.69) is 59.3 Å². The van der Waals surface area contributed by atoms with Gasteiger partial charge in [-0.1, -0.05) is 60.7 Å². The van der Waals surface area contributed by atoms with Crippen molar-refractivity contribution in [2.75, 3.05) is 13.7 Å². The maximum absolute atomic E-state index is 6.65. The third kappa shape index (κ3) is 2.71. The second-order valence-electron chi connectivity index (χ2n) is 9.81. The summed E-state index contributed by atoms with van der Waals surface area (Å²) in [4.78, 5) is 9.49. The highest BCUT2D eigenvalue weighted by Crippen LogP contribution is 2.55. The molecule has 186 valence electrons. The molecule has 38 heavy (non-hydrogen) atoms. The van der Waals surface area contributed by atoms with Crippen LogP contribution in [0.4, 0.5) is 0 Å². The van der Waals surface area contributed by atoms with Gasteiger partial charge in [-0.15, -0.1) is 0 Å². The average Bonchev–Trinajstić information content (AvgIpc) is 3.73. The fourth-order valence-electron chi connectivity index (χ4n) is 6.16. The topological polar surface area (TPSA) is 75.5 Å². The monoisotopic (exact) mass is 501 g/mol. The van der Waals surface area contributed by atoms with Gasteiger partial charge in [0.15, 0.2) is 23.1 Å². The van der Waals surface area contributed by atoms with E-state index in [1.54, 1.807) is 13.3 Å². The van der Waals surface area contributed by atoms with E-state index in [1.807, 2.05) is 25.1 Å². The van der Waals surface area contributed by atoms with Crippen LogP contribution < -0.4 is 4.74 Å². The number of aromatic nitrogens is 3. The molecular weight excluding hydrogens is 478 g/mol. The first-order valence-corrected chi connectivity index (χ1v) is 12.6. The maximum Gasteiger partial charge on any atom is 0.249 e. The Hall–Kier alpha value is -4.62. The molecule has 0 fully saturated rings. The quantitative estimate of drug-likeness (QED) is 0.273. The number of benzene rings is 3. The van der Waals surface area contributed by atoms with Crippen molar-refractivity contribution in [2.45, 2.75) is 19.1 Å². The molecule has 3 aromatic heterocycles. The Balaban J connectivity index is 1.56. The summed E-state index contributed by atoms with van der Waals surface area (Å²) >= 11 is 0. The normalized spacial score (nSPS) is 17.1. The van der Waals surface area contributed by atoms with Gasteiger partial charge in [-0.2, -0.15) is 0 Å². The van der Waals surface area contributed by atoms with E-state index < -0.39 is 5.41 Å². The van der Waals surface area contributed by atoms with E-state index in [9.17, 15) is 0 Å². The number of nitrogens with zero attached hydrogens (tertiary/aromatic N) is 3. The number of methoxy groups -OCH3 is 1. The van der Waals surface area contributed by atoms with E-state index in [1.165, 1.54) is 0 Å². The molecule has 0 aliphatic carbocycles. The van der Waals surface area contributed by atoms with Crippen molar-refractivity contribution in [2.24, 2.45) is 0 Å². The highest BCUT2D eigenvalue weighted by atomic mass is 16.5. The minimum Gasteiger partial charge on any atom is -0.491 e. The lowest BCUT2D eigenvalue weighted by atomic mass is 9.73. The van der Waals surface area contributed by atoms with Gasteiger partial charge in [0.05, 0.1) is 11.7 Å². The number of fused-ring (bicyclic) bond motifs is 7. The van der Waals surface area contributed by atoms with Crippen LogP contribution in [0.3, 0.4) is 0 Å². The highest BCUT2D eigenvalue weighted by Gasteiger charge is 2.50. The Labute approximate surface area is 218 Å². The van der Waals surface area contributed by atoms with Gasteiger partial charge in [-0.25, -0.2) is 9.97 Å². The number of aryl methyl sites for hydroxylation is 1. The number of rotatable bonds is 3. The molecule has 0 N–H and O–H groups in total. The summed E-state index contributed by atoms with van der Waals surface area (Å²) in [5.41, 5.74) is 5.98. The van der Waals surface area contributed by atoms with Crippen LogP contribution in [0.15, 0.2) is 88.0 Å².